The Balaban J connectivity index is 2.48. The highest BCUT2D eigenvalue weighted by Crippen LogP contribution is 2.10. The smallest absolute Gasteiger partial charge is 0.354 e. The zero-order valence-corrected chi connectivity index (χ0v) is 8.45. The highest BCUT2D eigenvalue weighted by molar-refractivity contribution is 5.85. The average molecular weight is 216 g/mol. The Labute approximate surface area is 91.1 Å². The average Bonchev–Trinajstić information content (AvgIpc) is 2.29. The van der Waals surface area contributed by atoms with Crippen molar-refractivity contribution in [2.24, 2.45) is 0 Å². The van der Waals surface area contributed by atoms with Crippen LogP contribution in [0.3, 0.4) is 0 Å². The highest BCUT2D eigenvalue weighted by Gasteiger charge is 2.08. The lowest BCUT2D eigenvalue weighted by molar-refractivity contribution is 0.0690. The van der Waals surface area contributed by atoms with E-state index in [1.807, 2.05) is 0 Å². The van der Waals surface area contributed by atoms with Crippen LogP contribution in [0.5, 0.6) is 0 Å². The summed E-state index contributed by atoms with van der Waals surface area (Å²) < 4.78 is 0. The number of aromatic carboxylic acids is 1. The van der Waals surface area contributed by atoms with Crippen LogP contribution in [0.1, 0.15) is 16.3 Å². The van der Waals surface area contributed by atoms with Gasteiger partial charge in [-0.2, -0.15) is 0 Å². The molecular formula is C10H8N4O2. The van der Waals surface area contributed by atoms with E-state index < -0.39 is 5.97 Å². The maximum atomic E-state index is 10.7. The number of carboxylic acids is 1. The normalized spacial score (nSPS) is 10.1. The van der Waals surface area contributed by atoms with Crippen LogP contribution in [0.15, 0.2) is 24.5 Å². The molecule has 1 N–H and O–H groups in total. The Kier molecular flexibility index (Phi) is 2.55. The second-order valence-electron chi connectivity index (χ2n) is 3.06. The minimum Gasteiger partial charge on any atom is -0.477 e. The molecule has 2 aromatic rings. The Hall–Kier alpha value is -2.37. The summed E-state index contributed by atoms with van der Waals surface area (Å²) in [6.45, 7) is 1.74. The van der Waals surface area contributed by atoms with Gasteiger partial charge in [0.25, 0.3) is 0 Å². The van der Waals surface area contributed by atoms with E-state index in [9.17, 15) is 4.79 Å². The van der Waals surface area contributed by atoms with E-state index in [-0.39, 0.29) is 11.5 Å². The van der Waals surface area contributed by atoms with Crippen LogP contribution >= 0.6 is 0 Å². The fourth-order valence-corrected chi connectivity index (χ4v) is 1.18. The molecule has 0 aromatic carbocycles. The summed E-state index contributed by atoms with van der Waals surface area (Å²) in [4.78, 5) is 26.6. The molecule has 0 spiro atoms. The molecule has 0 saturated carbocycles. The number of carboxylic acid groups (broad SMARTS) is 1. The molecule has 6 nitrogen and oxygen atoms in total. The molecule has 0 bridgehead atoms. The number of aromatic nitrogens is 4. The Morgan fingerprint density at radius 2 is 1.94 bits per heavy atom. The van der Waals surface area contributed by atoms with Crippen LogP contribution in [0.2, 0.25) is 0 Å². The summed E-state index contributed by atoms with van der Waals surface area (Å²) in [6, 6.07) is 2.97. The van der Waals surface area contributed by atoms with Crippen molar-refractivity contribution in [3.05, 3.63) is 36.0 Å². The van der Waals surface area contributed by atoms with Gasteiger partial charge in [0, 0.05) is 12.4 Å². The van der Waals surface area contributed by atoms with Gasteiger partial charge in [0.15, 0.2) is 11.5 Å². The van der Waals surface area contributed by atoms with Gasteiger partial charge in [-0.25, -0.2) is 24.7 Å². The van der Waals surface area contributed by atoms with Crippen LogP contribution in [0, 0.1) is 6.92 Å². The van der Waals surface area contributed by atoms with E-state index in [1.165, 1.54) is 12.3 Å². The Morgan fingerprint density at radius 1 is 1.19 bits per heavy atom. The van der Waals surface area contributed by atoms with Crippen molar-refractivity contribution >= 4 is 5.97 Å². The lowest BCUT2D eigenvalue weighted by atomic mass is 10.3. The molecule has 80 valence electrons. The van der Waals surface area contributed by atoms with Gasteiger partial charge in [0.05, 0.1) is 0 Å². The van der Waals surface area contributed by atoms with Gasteiger partial charge in [-0.3, -0.25) is 0 Å². The molecule has 0 atom stereocenters. The van der Waals surface area contributed by atoms with E-state index in [0.29, 0.717) is 11.5 Å². The van der Waals surface area contributed by atoms with Crippen LogP contribution in [0.25, 0.3) is 11.5 Å². The summed E-state index contributed by atoms with van der Waals surface area (Å²) in [5, 5.41) is 8.79. The summed E-state index contributed by atoms with van der Waals surface area (Å²) in [5.74, 6) is -0.221. The molecule has 2 aromatic heterocycles. The van der Waals surface area contributed by atoms with Gasteiger partial charge in [-0.15, -0.1) is 0 Å². The Bertz CT molecular complexity index is 542. The van der Waals surface area contributed by atoms with Crippen LogP contribution in [-0.2, 0) is 0 Å². The number of carbonyl (C=O) groups is 1. The maximum Gasteiger partial charge on any atom is 0.354 e. The van der Waals surface area contributed by atoms with E-state index in [1.54, 1.807) is 19.2 Å². The molecule has 0 fully saturated rings. The number of hydrogen-bond acceptors (Lipinski definition) is 5. The molecule has 0 aliphatic carbocycles. The van der Waals surface area contributed by atoms with Gasteiger partial charge >= 0.3 is 5.97 Å². The van der Waals surface area contributed by atoms with Crippen LogP contribution < -0.4 is 0 Å². The van der Waals surface area contributed by atoms with Crippen molar-refractivity contribution < 1.29 is 9.90 Å². The summed E-state index contributed by atoms with van der Waals surface area (Å²) >= 11 is 0. The second-order valence-corrected chi connectivity index (χ2v) is 3.06. The van der Waals surface area contributed by atoms with Gasteiger partial charge in [0.2, 0.25) is 0 Å². The summed E-state index contributed by atoms with van der Waals surface area (Å²) in [5.41, 5.74) is 0.455. The molecule has 0 aliphatic heterocycles. The minimum atomic E-state index is -1.09. The first-order valence-corrected chi connectivity index (χ1v) is 4.53. The first kappa shape index (κ1) is 10.2. The molecule has 0 saturated heterocycles. The van der Waals surface area contributed by atoms with Crippen molar-refractivity contribution in [2.75, 3.05) is 0 Å². The van der Waals surface area contributed by atoms with Gasteiger partial charge < -0.3 is 5.11 Å². The highest BCUT2D eigenvalue weighted by atomic mass is 16.4. The zero-order chi connectivity index (χ0) is 11.5. The molecule has 0 amide bonds. The standard InChI is InChI=1S/C10H8N4O2/c1-6-11-4-2-7(13-6)9-12-5-3-8(14-9)10(15)16/h2-5H,1H3,(H,15,16). The molecule has 2 heterocycles. The van der Waals surface area contributed by atoms with Gasteiger partial charge in [-0.05, 0) is 19.1 Å². The third kappa shape index (κ3) is 2.00. The monoisotopic (exact) mass is 216 g/mol. The van der Waals surface area contributed by atoms with Crippen molar-refractivity contribution in [1.82, 2.24) is 19.9 Å². The fourth-order valence-electron chi connectivity index (χ4n) is 1.18. The SMILES string of the molecule is Cc1nccc(-c2nccc(C(=O)O)n2)n1. The van der Waals surface area contributed by atoms with E-state index in [0.717, 1.165) is 0 Å². The zero-order valence-electron chi connectivity index (χ0n) is 8.45. The number of rotatable bonds is 2. The van der Waals surface area contributed by atoms with Crippen molar-refractivity contribution in [3.8, 4) is 11.5 Å². The summed E-state index contributed by atoms with van der Waals surface area (Å²) in [7, 11) is 0. The first-order chi connectivity index (χ1) is 7.66. The maximum absolute atomic E-state index is 10.7. The third-order valence-corrected chi connectivity index (χ3v) is 1.88. The van der Waals surface area contributed by atoms with Crippen molar-refractivity contribution in [3.63, 3.8) is 0 Å². The lowest BCUT2D eigenvalue weighted by Crippen LogP contribution is -2.03. The quantitative estimate of drug-likeness (QED) is 0.803. The lowest BCUT2D eigenvalue weighted by Gasteiger charge is -2.00. The summed E-state index contributed by atoms with van der Waals surface area (Å²) in [6.07, 6.45) is 2.97. The Morgan fingerprint density at radius 3 is 2.62 bits per heavy atom. The van der Waals surface area contributed by atoms with Gasteiger partial charge in [0.1, 0.15) is 11.5 Å². The molecule has 6 heteroatoms. The minimum absolute atomic E-state index is 0.0544. The largest absolute Gasteiger partial charge is 0.477 e. The number of nitrogens with zero attached hydrogens (tertiary/aromatic N) is 4. The molecule has 16 heavy (non-hydrogen) atoms. The predicted molar refractivity (Wildman–Crippen MR) is 54.8 cm³/mol. The first-order valence-electron chi connectivity index (χ1n) is 4.53. The number of aryl methyl sites for hydroxylation is 1. The second kappa shape index (κ2) is 4.01. The van der Waals surface area contributed by atoms with Crippen LogP contribution in [-0.4, -0.2) is 31.0 Å². The molecule has 0 aliphatic rings. The van der Waals surface area contributed by atoms with Crippen molar-refractivity contribution in [1.29, 1.82) is 0 Å². The van der Waals surface area contributed by atoms with Gasteiger partial charge in [-0.1, -0.05) is 0 Å². The molecule has 0 unspecified atom stereocenters. The predicted octanol–water partition coefficient (Wildman–Crippen LogP) is 0.940. The van der Waals surface area contributed by atoms with Crippen molar-refractivity contribution in [2.45, 2.75) is 6.92 Å². The van der Waals surface area contributed by atoms with E-state index in [2.05, 4.69) is 19.9 Å². The molecule has 2 rings (SSSR count). The molecular weight excluding hydrogens is 208 g/mol. The molecule has 0 radical (unpaired) electrons. The van der Waals surface area contributed by atoms with E-state index in [4.69, 9.17) is 5.11 Å². The fraction of sp³-hybridized carbons (Fsp3) is 0.100. The number of hydrogen-bond donors (Lipinski definition) is 1. The topological polar surface area (TPSA) is 88.9 Å². The van der Waals surface area contributed by atoms with Crippen LogP contribution in [0.4, 0.5) is 0 Å². The van der Waals surface area contributed by atoms with E-state index >= 15 is 0 Å². The third-order valence-electron chi connectivity index (χ3n) is 1.88.